The lowest BCUT2D eigenvalue weighted by Gasteiger charge is -2.14. The number of amides is 1. The zero-order chi connectivity index (χ0) is 26.0. The Hall–Kier alpha value is -4.64. The van der Waals surface area contributed by atoms with E-state index in [0.29, 0.717) is 12.9 Å². The third-order valence-electron chi connectivity index (χ3n) is 7.32. The number of ether oxygens (including phenoxy) is 2. The van der Waals surface area contributed by atoms with Crippen LogP contribution in [0.1, 0.15) is 40.7 Å². The molecule has 0 radical (unpaired) electrons. The van der Waals surface area contributed by atoms with Crippen molar-refractivity contribution < 1.29 is 19.1 Å². The molecular formula is C33H27NO4. The molecule has 6 rings (SSSR count). The fourth-order valence-corrected chi connectivity index (χ4v) is 5.15. The first-order valence-corrected chi connectivity index (χ1v) is 12.8. The zero-order valence-electron chi connectivity index (χ0n) is 20.9. The molecular weight excluding hydrogens is 474 g/mol. The second-order valence-corrected chi connectivity index (χ2v) is 9.74. The summed E-state index contributed by atoms with van der Waals surface area (Å²) in [6, 6.07) is 34.5. The summed E-state index contributed by atoms with van der Waals surface area (Å²) < 4.78 is 10.8. The number of hydrogen-bond acceptors (Lipinski definition) is 4. The molecule has 2 aliphatic rings. The number of rotatable bonds is 8. The summed E-state index contributed by atoms with van der Waals surface area (Å²) in [5.41, 5.74) is 8.90. The monoisotopic (exact) mass is 501 g/mol. The average Bonchev–Trinajstić information content (AvgIpc) is 3.66. The van der Waals surface area contributed by atoms with Gasteiger partial charge in [-0.15, -0.1) is 0 Å². The van der Waals surface area contributed by atoms with Gasteiger partial charge >= 0.3 is 6.09 Å². The molecule has 38 heavy (non-hydrogen) atoms. The highest BCUT2D eigenvalue weighted by Crippen LogP contribution is 2.49. The lowest BCUT2D eigenvalue weighted by Crippen LogP contribution is -2.24. The molecule has 0 bridgehead atoms. The molecule has 0 spiro atoms. The standard InChI is InChI=1S/C33H27NO4/c35-22-38-33(18-19-33)28-16-14-25(15-17-28)24-10-12-26(13-11-24)31-29-9-5-4-8-27(29)20-30(31)34-32(36)37-21-23-6-2-1-3-7-23/h1-17,22H,18-21H2,(H,34,36). The molecule has 0 heterocycles. The van der Waals surface area contributed by atoms with Crippen LogP contribution in [0.15, 0.2) is 109 Å². The maximum Gasteiger partial charge on any atom is 0.411 e. The molecule has 0 atom stereocenters. The molecule has 188 valence electrons. The zero-order valence-corrected chi connectivity index (χ0v) is 20.9. The van der Waals surface area contributed by atoms with Crippen LogP contribution in [0.2, 0.25) is 0 Å². The Morgan fingerprint density at radius 1 is 0.789 bits per heavy atom. The maximum atomic E-state index is 12.7. The van der Waals surface area contributed by atoms with Crippen molar-refractivity contribution in [1.82, 2.24) is 5.32 Å². The Balaban J connectivity index is 1.23. The van der Waals surface area contributed by atoms with Crippen LogP contribution in [0, 0.1) is 0 Å². The highest BCUT2D eigenvalue weighted by Gasteiger charge is 2.46. The summed E-state index contributed by atoms with van der Waals surface area (Å²) in [6.45, 7) is 0.764. The van der Waals surface area contributed by atoms with E-state index >= 15 is 0 Å². The van der Waals surface area contributed by atoms with Gasteiger partial charge in [-0.05, 0) is 51.8 Å². The first kappa shape index (κ1) is 23.7. The van der Waals surface area contributed by atoms with E-state index in [0.717, 1.165) is 57.5 Å². The van der Waals surface area contributed by atoms with Crippen LogP contribution in [0.4, 0.5) is 4.79 Å². The Bertz CT molecular complexity index is 1500. The number of benzene rings is 4. The summed E-state index contributed by atoms with van der Waals surface area (Å²) >= 11 is 0. The van der Waals surface area contributed by atoms with Crippen LogP contribution >= 0.6 is 0 Å². The minimum atomic E-state index is -0.460. The molecule has 4 aromatic carbocycles. The number of hydrogen-bond donors (Lipinski definition) is 1. The Labute approximate surface area is 221 Å². The van der Waals surface area contributed by atoms with Gasteiger partial charge in [-0.25, -0.2) is 4.79 Å². The predicted octanol–water partition coefficient (Wildman–Crippen LogP) is 6.76. The number of carbonyl (C=O) groups excluding carboxylic acids is 2. The summed E-state index contributed by atoms with van der Waals surface area (Å²) in [7, 11) is 0. The van der Waals surface area contributed by atoms with E-state index in [1.54, 1.807) is 0 Å². The van der Waals surface area contributed by atoms with Gasteiger partial charge in [-0.1, -0.05) is 103 Å². The quantitative estimate of drug-likeness (QED) is 0.271. The van der Waals surface area contributed by atoms with E-state index in [1.165, 1.54) is 5.56 Å². The summed E-state index contributed by atoms with van der Waals surface area (Å²) in [5.74, 6) is 0. The van der Waals surface area contributed by atoms with Gasteiger partial charge in [-0.3, -0.25) is 10.1 Å². The summed E-state index contributed by atoms with van der Waals surface area (Å²) in [5, 5.41) is 3.01. The molecule has 5 heteroatoms. The third-order valence-corrected chi connectivity index (χ3v) is 7.32. The molecule has 1 N–H and O–H groups in total. The minimum absolute atomic E-state index is 0.220. The lowest BCUT2D eigenvalue weighted by molar-refractivity contribution is -0.136. The van der Waals surface area contributed by atoms with Gasteiger partial charge in [-0.2, -0.15) is 0 Å². The van der Waals surface area contributed by atoms with Gasteiger partial charge < -0.3 is 9.47 Å². The van der Waals surface area contributed by atoms with Crippen LogP contribution in [0.5, 0.6) is 0 Å². The van der Waals surface area contributed by atoms with Crippen LogP contribution in [-0.4, -0.2) is 12.6 Å². The normalized spacial score (nSPS) is 14.9. The van der Waals surface area contributed by atoms with Crippen molar-refractivity contribution in [3.8, 4) is 11.1 Å². The van der Waals surface area contributed by atoms with Gasteiger partial charge in [0.1, 0.15) is 12.2 Å². The fraction of sp³-hybridized carbons (Fsp3) is 0.152. The van der Waals surface area contributed by atoms with E-state index in [9.17, 15) is 9.59 Å². The van der Waals surface area contributed by atoms with Crippen LogP contribution < -0.4 is 5.32 Å². The summed E-state index contributed by atoms with van der Waals surface area (Å²) in [4.78, 5) is 23.5. The van der Waals surface area contributed by atoms with Crippen molar-refractivity contribution in [3.63, 3.8) is 0 Å². The van der Waals surface area contributed by atoms with Crippen LogP contribution in [-0.2, 0) is 32.9 Å². The van der Waals surface area contributed by atoms with Crippen molar-refractivity contribution in [2.24, 2.45) is 0 Å². The largest absolute Gasteiger partial charge is 0.456 e. The van der Waals surface area contributed by atoms with Gasteiger partial charge in [0.25, 0.3) is 6.47 Å². The van der Waals surface area contributed by atoms with Crippen molar-refractivity contribution in [1.29, 1.82) is 0 Å². The maximum absolute atomic E-state index is 12.7. The van der Waals surface area contributed by atoms with E-state index in [2.05, 4.69) is 53.8 Å². The summed E-state index contributed by atoms with van der Waals surface area (Å²) in [6.07, 6.45) is 1.91. The smallest absolute Gasteiger partial charge is 0.411 e. The number of carbonyl (C=O) groups is 2. The molecule has 2 aliphatic carbocycles. The van der Waals surface area contributed by atoms with Crippen molar-refractivity contribution in [3.05, 3.63) is 137 Å². The third kappa shape index (κ3) is 4.71. The molecule has 0 unspecified atom stereocenters. The van der Waals surface area contributed by atoms with E-state index in [-0.39, 0.29) is 6.61 Å². The van der Waals surface area contributed by atoms with Crippen LogP contribution in [0.3, 0.4) is 0 Å². The molecule has 1 fully saturated rings. The van der Waals surface area contributed by atoms with Crippen molar-refractivity contribution >= 4 is 18.1 Å². The molecule has 5 nitrogen and oxygen atoms in total. The highest BCUT2D eigenvalue weighted by atomic mass is 16.6. The SMILES string of the molecule is O=COC1(c2ccc(-c3ccc(C4=C(NC(=O)OCc5ccccc5)Cc5ccccc54)cc3)cc2)CC1. The van der Waals surface area contributed by atoms with Gasteiger partial charge in [0, 0.05) is 17.7 Å². The Morgan fingerprint density at radius 3 is 2.11 bits per heavy atom. The predicted molar refractivity (Wildman–Crippen MR) is 146 cm³/mol. The van der Waals surface area contributed by atoms with Crippen LogP contribution in [0.25, 0.3) is 16.7 Å². The number of fused-ring (bicyclic) bond motifs is 1. The Kier molecular flexibility index (Phi) is 6.26. The van der Waals surface area contributed by atoms with Gasteiger partial charge in [0.05, 0.1) is 0 Å². The second kappa shape index (κ2) is 10.0. The van der Waals surface area contributed by atoms with Crippen molar-refractivity contribution in [2.75, 3.05) is 0 Å². The van der Waals surface area contributed by atoms with Gasteiger partial charge in [0.2, 0.25) is 0 Å². The number of nitrogens with one attached hydrogen (secondary N) is 1. The van der Waals surface area contributed by atoms with E-state index in [4.69, 9.17) is 9.47 Å². The molecule has 4 aromatic rings. The number of allylic oxidation sites excluding steroid dienone is 1. The average molecular weight is 502 g/mol. The topological polar surface area (TPSA) is 64.6 Å². The molecule has 0 aromatic heterocycles. The molecule has 0 aliphatic heterocycles. The lowest BCUT2D eigenvalue weighted by atomic mass is 9.95. The molecule has 0 saturated heterocycles. The minimum Gasteiger partial charge on any atom is -0.456 e. The van der Waals surface area contributed by atoms with E-state index < -0.39 is 11.7 Å². The molecule has 1 saturated carbocycles. The highest BCUT2D eigenvalue weighted by molar-refractivity contribution is 5.90. The van der Waals surface area contributed by atoms with Gasteiger partial charge in [0.15, 0.2) is 0 Å². The molecule has 1 amide bonds. The van der Waals surface area contributed by atoms with E-state index in [1.807, 2.05) is 54.6 Å². The fourth-order valence-electron chi connectivity index (χ4n) is 5.15. The number of alkyl carbamates (subject to hydrolysis) is 1. The van der Waals surface area contributed by atoms with Crippen molar-refractivity contribution in [2.45, 2.75) is 31.5 Å². The second-order valence-electron chi connectivity index (χ2n) is 9.74. The first-order valence-electron chi connectivity index (χ1n) is 12.8. The first-order chi connectivity index (χ1) is 18.6. The Morgan fingerprint density at radius 2 is 1.42 bits per heavy atom.